The first-order valence-corrected chi connectivity index (χ1v) is 6.51. The number of hydrogen-bond donors (Lipinski definition) is 1. The number of nitrogens with one attached hydrogen (secondary N) is 1. The number of rotatable bonds is 6. The minimum absolute atomic E-state index is 0.0740. The maximum Gasteiger partial charge on any atom is 0.301 e. The van der Waals surface area contributed by atoms with E-state index in [2.05, 4.69) is 10.5 Å². The van der Waals surface area contributed by atoms with Crippen molar-refractivity contribution in [3.63, 3.8) is 0 Å². The number of benzene rings is 2. The molecule has 0 saturated heterocycles. The van der Waals surface area contributed by atoms with Gasteiger partial charge in [-0.2, -0.15) is 5.10 Å². The molecule has 0 aliphatic heterocycles. The molecule has 2 aromatic carbocycles. The van der Waals surface area contributed by atoms with Crippen molar-refractivity contribution in [2.24, 2.45) is 5.10 Å². The van der Waals surface area contributed by atoms with Crippen LogP contribution in [0.3, 0.4) is 0 Å². The minimum Gasteiger partial charge on any atom is -0.272 e. The molecule has 0 atom stereocenters. The highest BCUT2D eigenvalue weighted by Gasteiger charge is 2.18. The molecule has 23 heavy (non-hydrogen) atoms. The normalized spacial score (nSPS) is 11.0. The number of hydrogen-bond acceptors (Lipinski definition) is 6. The number of hydrazone groups is 1. The highest BCUT2D eigenvalue weighted by atomic mass is 16.6. The summed E-state index contributed by atoms with van der Waals surface area (Å²) in [6.07, 6.45) is 4.91. The van der Waals surface area contributed by atoms with Crippen molar-refractivity contribution in [2.45, 2.75) is 0 Å². The van der Waals surface area contributed by atoms with Crippen molar-refractivity contribution in [1.82, 2.24) is 0 Å². The van der Waals surface area contributed by atoms with E-state index >= 15 is 0 Å². The molecule has 116 valence electrons. The first kappa shape index (κ1) is 15.8. The van der Waals surface area contributed by atoms with Gasteiger partial charge in [-0.1, -0.05) is 36.4 Å². The van der Waals surface area contributed by atoms with E-state index in [-0.39, 0.29) is 11.4 Å². The number of nitro groups is 2. The smallest absolute Gasteiger partial charge is 0.272 e. The maximum absolute atomic E-state index is 10.9. The van der Waals surface area contributed by atoms with E-state index in [4.69, 9.17) is 0 Å². The van der Waals surface area contributed by atoms with Gasteiger partial charge in [0, 0.05) is 12.3 Å². The molecule has 0 unspecified atom stereocenters. The topological polar surface area (TPSA) is 111 Å². The second-order valence-electron chi connectivity index (χ2n) is 4.38. The van der Waals surface area contributed by atoms with Gasteiger partial charge in [-0.3, -0.25) is 25.7 Å². The SMILES string of the molecule is O=[N+]([O-])c1ccc(NN=C/C=C/c2ccccc2)c([N+](=O)[O-])c1. The molecule has 0 radical (unpaired) electrons. The highest BCUT2D eigenvalue weighted by Crippen LogP contribution is 2.28. The predicted molar refractivity (Wildman–Crippen MR) is 87.3 cm³/mol. The molecular formula is C15H12N4O4. The zero-order valence-electron chi connectivity index (χ0n) is 11.8. The Balaban J connectivity index is 2.08. The molecule has 0 amide bonds. The molecule has 8 nitrogen and oxygen atoms in total. The fourth-order valence-corrected chi connectivity index (χ4v) is 1.75. The van der Waals surface area contributed by atoms with Crippen LogP contribution in [0.1, 0.15) is 5.56 Å². The van der Waals surface area contributed by atoms with E-state index in [1.807, 2.05) is 36.4 Å². The fraction of sp³-hybridized carbons (Fsp3) is 0. The van der Waals surface area contributed by atoms with E-state index in [1.165, 1.54) is 18.3 Å². The summed E-state index contributed by atoms with van der Waals surface area (Å²) in [6.45, 7) is 0. The summed E-state index contributed by atoms with van der Waals surface area (Å²) in [5.41, 5.74) is 2.80. The summed E-state index contributed by atoms with van der Waals surface area (Å²) in [4.78, 5) is 20.2. The average molecular weight is 312 g/mol. The first-order valence-electron chi connectivity index (χ1n) is 6.51. The summed E-state index contributed by atoms with van der Waals surface area (Å²) in [7, 11) is 0. The lowest BCUT2D eigenvalue weighted by Crippen LogP contribution is -1.98. The number of anilines is 1. The molecule has 0 aliphatic carbocycles. The van der Waals surface area contributed by atoms with Gasteiger partial charge in [0.25, 0.3) is 5.69 Å². The van der Waals surface area contributed by atoms with E-state index in [0.29, 0.717) is 0 Å². The van der Waals surface area contributed by atoms with Gasteiger partial charge < -0.3 is 0 Å². The van der Waals surface area contributed by atoms with Gasteiger partial charge in [0.1, 0.15) is 5.69 Å². The van der Waals surface area contributed by atoms with Crippen LogP contribution in [-0.4, -0.2) is 16.1 Å². The second kappa shape index (κ2) is 7.46. The summed E-state index contributed by atoms with van der Waals surface area (Å²) >= 11 is 0. The summed E-state index contributed by atoms with van der Waals surface area (Å²) < 4.78 is 0. The van der Waals surface area contributed by atoms with Gasteiger partial charge in [0.15, 0.2) is 0 Å². The average Bonchev–Trinajstić information content (AvgIpc) is 2.55. The third kappa shape index (κ3) is 4.46. The van der Waals surface area contributed by atoms with Crippen LogP contribution < -0.4 is 5.43 Å². The Morgan fingerprint density at radius 2 is 1.74 bits per heavy atom. The molecule has 0 heterocycles. The fourth-order valence-electron chi connectivity index (χ4n) is 1.75. The molecule has 2 aromatic rings. The standard InChI is InChI=1S/C15H12N4O4/c20-18(21)13-8-9-14(15(11-13)19(22)23)17-16-10-4-7-12-5-2-1-3-6-12/h1-11,17H/b7-4+,16-10?. The predicted octanol–water partition coefficient (Wildman–Crippen LogP) is 3.61. The molecular weight excluding hydrogens is 300 g/mol. The van der Waals surface area contributed by atoms with Gasteiger partial charge in [-0.15, -0.1) is 0 Å². The monoisotopic (exact) mass is 312 g/mol. The van der Waals surface area contributed by atoms with E-state index in [0.717, 1.165) is 11.6 Å². The molecule has 0 bridgehead atoms. The van der Waals surface area contributed by atoms with Gasteiger partial charge >= 0.3 is 5.69 Å². The summed E-state index contributed by atoms with van der Waals surface area (Å²) in [6, 6.07) is 12.8. The lowest BCUT2D eigenvalue weighted by Gasteiger charge is -2.01. The number of nitrogens with zero attached hydrogens (tertiary/aromatic N) is 3. The molecule has 8 heteroatoms. The quantitative estimate of drug-likeness (QED) is 0.497. The minimum atomic E-state index is -0.704. The molecule has 0 spiro atoms. The zero-order valence-corrected chi connectivity index (χ0v) is 11.8. The van der Waals surface area contributed by atoms with Crippen LogP contribution in [0.25, 0.3) is 6.08 Å². The van der Waals surface area contributed by atoms with Crippen molar-refractivity contribution in [2.75, 3.05) is 5.43 Å². The van der Waals surface area contributed by atoms with Gasteiger partial charge in [-0.05, 0) is 17.7 Å². The van der Waals surface area contributed by atoms with Gasteiger partial charge in [0.2, 0.25) is 0 Å². The third-order valence-corrected chi connectivity index (χ3v) is 2.82. The van der Waals surface area contributed by atoms with Crippen molar-refractivity contribution in [3.8, 4) is 0 Å². The van der Waals surface area contributed by atoms with Crippen LogP contribution in [0.2, 0.25) is 0 Å². The molecule has 2 rings (SSSR count). The third-order valence-electron chi connectivity index (χ3n) is 2.82. The Morgan fingerprint density at radius 3 is 2.39 bits per heavy atom. The molecule has 0 fully saturated rings. The lowest BCUT2D eigenvalue weighted by molar-refractivity contribution is -0.393. The van der Waals surface area contributed by atoms with Crippen molar-refractivity contribution in [1.29, 1.82) is 0 Å². The Hall–Kier alpha value is -3.55. The maximum atomic E-state index is 10.9. The van der Waals surface area contributed by atoms with E-state index < -0.39 is 15.5 Å². The molecule has 0 saturated carbocycles. The molecule has 0 aromatic heterocycles. The number of nitro benzene ring substituents is 2. The van der Waals surface area contributed by atoms with Crippen LogP contribution in [0.5, 0.6) is 0 Å². The second-order valence-corrected chi connectivity index (χ2v) is 4.38. The lowest BCUT2D eigenvalue weighted by atomic mass is 10.2. The van der Waals surface area contributed by atoms with Crippen molar-refractivity contribution < 1.29 is 9.85 Å². The van der Waals surface area contributed by atoms with Crippen LogP contribution >= 0.6 is 0 Å². The highest BCUT2D eigenvalue weighted by molar-refractivity contribution is 5.79. The zero-order chi connectivity index (χ0) is 16.7. The van der Waals surface area contributed by atoms with Crippen LogP contribution in [0.4, 0.5) is 17.1 Å². The molecule has 0 aliphatic rings. The molecule has 1 N–H and O–H groups in total. The number of non-ortho nitro benzene ring substituents is 1. The Morgan fingerprint density at radius 1 is 1.00 bits per heavy atom. The first-order chi connectivity index (χ1) is 11.1. The van der Waals surface area contributed by atoms with Gasteiger partial charge in [0.05, 0.1) is 15.9 Å². The van der Waals surface area contributed by atoms with Crippen molar-refractivity contribution >= 4 is 29.4 Å². The van der Waals surface area contributed by atoms with Crippen LogP contribution in [0, 0.1) is 20.2 Å². The Labute approximate surface area is 131 Å². The Bertz CT molecular complexity index is 772. The summed E-state index contributed by atoms with van der Waals surface area (Å²) in [5.74, 6) is 0. The Kier molecular flexibility index (Phi) is 5.13. The van der Waals surface area contributed by atoms with Crippen molar-refractivity contribution in [3.05, 3.63) is 80.4 Å². The summed E-state index contributed by atoms with van der Waals surface area (Å²) in [5, 5.41) is 25.4. The van der Waals surface area contributed by atoms with E-state index in [9.17, 15) is 20.2 Å². The van der Waals surface area contributed by atoms with E-state index in [1.54, 1.807) is 6.08 Å². The largest absolute Gasteiger partial charge is 0.301 e. The van der Waals surface area contributed by atoms with Crippen LogP contribution in [-0.2, 0) is 0 Å². The van der Waals surface area contributed by atoms with Crippen LogP contribution in [0.15, 0.2) is 59.7 Å². The number of allylic oxidation sites excluding steroid dienone is 1. The van der Waals surface area contributed by atoms with Gasteiger partial charge in [-0.25, -0.2) is 0 Å².